The lowest BCUT2D eigenvalue weighted by Crippen LogP contribution is -2.21. The van der Waals surface area contributed by atoms with Crippen LogP contribution in [0.5, 0.6) is 0 Å². The Kier molecular flexibility index (Phi) is 3.47. The minimum atomic E-state index is 0.127. The fraction of sp³-hybridized carbons (Fsp3) is 0.750. The first-order valence-electron chi connectivity index (χ1n) is 2.58. The summed E-state index contributed by atoms with van der Waals surface area (Å²) in [6, 6.07) is 0. The first-order chi connectivity index (χ1) is 3.31. The molecule has 0 fully saturated rings. The molecule has 0 atom stereocenters. The van der Waals surface area contributed by atoms with Crippen LogP contribution >= 0.6 is 0 Å². The summed E-state index contributed by atoms with van der Waals surface area (Å²) < 4.78 is 0. The Morgan fingerprint density at radius 1 is 1.86 bits per heavy atom. The smallest absolute Gasteiger partial charge is 0.212 e. The van der Waals surface area contributed by atoms with E-state index < -0.39 is 0 Å². The van der Waals surface area contributed by atoms with E-state index in [-0.39, 0.29) is 5.91 Å². The SMILES string of the molecule is BCC(=O)NCC. The van der Waals surface area contributed by atoms with Gasteiger partial charge in [-0.1, -0.05) is 0 Å². The Hall–Kier alpha value is -0.465. The highest BCUT2D eigenvalue weighted by atomic mass is 16.1. The van der Waals surface area contributed by atoms with Crippen molar-refractivity contribution in [3.05, 3.63) is 0 Å². The quantitative estimate of drug-likeness (QED) is 0.450. The highest BCUT2D eigenvalue weighted by molar-refractivity contribution is 6.19. The first-order valence-corrected chi connectivity index (χ1v) is 2.58. The minimum Gasteiger partial charge on any atom is -0.357 e. The second-order valence-electron chi connectivity index (χ2n) is 1.31. The van der Waals surface area contributed by atoms with Crippen LogP contribution in [0, 0.1) is 0 Å². The third-order valence-corrected chi connectivity index (χ3v) is 0.695. The van der Waals surface area contributed by atoms with E-state index in [1.165, 1.54) is 0 Å². The lowest BCUT2D eigenvalue weighted by molar-refractivity contribution is -0.118. The molecular weight excluding hydrogens is 88.9 g/mol. The number of carbonyl (C=O) groups excluding carboxylic acids is 1. The molecule has 0 aromatic heterocycles. The van der Waals surface area contributed by atoms with E-state index in [1.54, 1.807) is 0 Å². The molecule has 0 aliphatic heterocycles. The van der Waals surface area contributed by atoms with Gasteiger partial charge in [0.1, 0.15) is 7.85 Å². The number of hydrogen-bond donors (Lipinski definition) is 1. The van der Waals surface area contributed by atoms with Gasteiger partial charge in [-0.3, -0.25) is 4.79 Å². The summed E-state index contributed by atoms with van der Waals surface area (Å²) in [6.07, 6.45) is 0.591. The van der Waals surface area contributed by atoms with E-state index in [0.29, 0.717) is 6.32 Å². The van der Waals surface area contributed by atoms with E-state index >= 15 is 0 Å². The summed E-state index contributed by atoms with van der Waals surface area (Å²) in [7, 11) is 1.84. The van der Waals surface area contributed by atoms with Gasteiger partial charge in [0.2, 0.25) is 5.91 Å². The summed E-state index contributed by atoms with van der Waals surface area (Å²) in [4.78, 5) is 10.3. The van der Waals surface area contributed by atoms with E-state index in [2.05, 4.69) is 5.32 Å². The number of nitrogens with one attached hydrogen (secondary N) is 1. The van der Waals surface area contributed by atoms with Crippen molar-refractivity contribution in [1.82, 2.24) is 5.32 Å². The van der Waals surface area contributed by atoms with Crippen LogP contribution in [0.1, 0.15) is 6.92 Å². The largest absolute Gasteiger partial charge is 0.357 e. The third-order valence-electron chi connectivity index (χ3n) is 0.695. The zero-order chi connectivity index (χ0) is 5.70. The molecule has 1 amide bonds. The third kappa shape index (κ3) is 3.36. The van der Waals surface area contributed by atoms with E-state index in [4.69, 9.17) is 0 Å². The Labute approximate surface area is 44.7 Å². The van der Waals surface area contributed by atoms with Gasteiger partial charge in [-0.2, -0.15) is 0 Å². The summed E-state index contributed by atoms with van der Waals surface area (Å²) in [6.45, 7) is 2.65. The topological polar surface area (TPSA) is 29.1 Å². The van der Waals surface area contributed by atoms with E-state index in [1.807, 2.05) is 14.8 Å². The Bertz CT molecular complexity index is 64.7. The molecule has 0 aromatic rings. The normalized spacial score (nSPS) is 8.14. The predicted molar refractivity (Wildman–Crippen MR) is 32.0 cm³/mol. The second-order valence-corrected chi connectivity index (χ2v) is 1.31. The van der Waals surface area contributed by atoms with Gasteiger partial charge in [0.15, 0.2) is 0 Å². The monoisotopic (exact) mass is 99.1 g/mol. The van der Waals surface area contributed by atoms with Crippen LogP contribution in [-0.4, -0.2) is 20.3 Å². The predicted octanol–water partition coefficient (Wildman–Crippen LogP) is -0.826. The van der Waals surface area contributed by atoms with Crippen LogP contribution < -0.4 is 5.32 Å². The van der Waals surface area contributed by atoms with Crippen LogP contribution in [0.25, 0.3) is 0 Å². The lowest BCUT2D eigenvalue weighted by atomic mass is 10.1. The Morgan fingerprint density at radius 3 is 2.57 bits per heavy atom. The molecule has 40 valence electrons. The standard InChI is InChI=1S/C4H10BNO/c1-2-6-4(7)3-5/h2-3,5H2,1H3,(H,6,7). The molecule has 0 radical (unpaired) electrons. The zero-order valence-electron chi connectivity index (χ0n) is 4.82. The Morgan fingerprint density at radius 2 is 2.43 bits per heavy atom. The van der Waals surface area contributed by atoms with Gasteiger partial charge in [-0.05, 0) is 13.2 Å². The van der Waals surface area contributed by atoms with Crippen molar-refractivity contribution in [1.29, 1.82) is 0 Å². The number of carbonyl (C=O) groups is 1. The molecule has 0 bridgehead atoms. The second kappa shape index (κ2) is 3.72. The van der Waals surface area contributed by atoms with Crippen molar-refractivity contribution >= 4 is 13.8 Å². The number of hydrogen-bond acceptors (Lipinski definition) is 1. The molecule has 0 heterocycles. The average molecular weight is 98.9 g/mol. The lowest BCUT2D eigenvalue weighted by Gasteiger charge is -1.93. The van der Waals surface area contributed by atoms with Crippen molar-refractivity contribution in [3.8, 4) is 0 Å². The fourth-order valence-corrected chi connectivity index (χ4v) is 0.322. The van der Waals surface area contributed by atoms with E-state index in [0.717, 1.165) is 6.54 Å². The van der Waals surface area contributed by atoms with Crippen molar-refractivity contribution in [2.45, 2.75) is 13.2 Å². The van der Waals surface area contributed by atoms with Crippen molar-refractivity contribution in [2.75, 3.05) is 6.54 Å². The van der Waals surface area contributed by atoms with Gasteiger partial charge >= 0.3 is 0 Å². The summed E-state index contributed by atoms with van der Waals surface area (Å²) >= 11 is 0. The number of amides is 1. The molecule has 7 heavy (non-hydrogen) atoms. The highest BCUT2D eigenvalue weighted by Crippen LogP contribution is 1.67. The maximum atomic E-state index is 10.3. The van der Waals surface area contributed by atoms with Gasteiger partial charge in [0.25, 0.3) is 0 Å². The molecule has 0 rings (SSSR count). The van der Waals surface area contributed by atoms with Crippen molar-refractivity contribution < 1.29 is 4.79 Å². The van der Waals surface area contributed by atoms with Gasteiger partial charge in [0, 0.05) is 6.54 Å². The van der Waals surface area contributed by atoms with Gasteiger partial charge < -0.3 is 5.32 Å². The molecule has 0 aromatic carbocycles. The molecular formula is C4H10BNO. The van der Waals surface area contributed by atoms with Crippen LogP contribution in [0.4, 0.5) is 0 Å². The van der Waals surface area contributed by atoms with Crippen LogP contribution in [0.2, 0.25) is 6.32 Å². The molecule has 3 heteroatoms. The molecule has 0 saturated carbocycles. The molecule has 0 spiro atoms. The fourth-order valence-electron chi connectivity index (χ4n) is 0.322. The summed E-state index contributed by atoms with van der Waals surface area (Å²) in [5.41, 5.74) is 0. The molecule has 0 aliphatic rings. The van der Waals surface area contributed by atoms with Crippen LogP contribution in [0.3, 0.4) is 0 Å². The number of rotatable bonds is 2. The summed E-state index contributed by atoms with van der Waals surface area (Å²) in [5, 5.41) is 2.66. The van der Waals surface area contributed by atoms with Gasteiger partial charge in [-0.15, -0.1) is 0 Å². The van der Waals surface area contributed by atoms with E-state index in [9.17, 15) is 4.79 Å². The maximum absolute atomic E-state index is 10.3. The molecule has 1 N–H and O–H groups in total. The average Bonchev–Trinajstić information content (AvgIpc) is 1.68. The molecule has 0 aliphatic carbocycles. The minimum absolute atomic E-state index is 0.127. The van der Waals surface area contributed by atoms with Crippen molar-refractivity contribution in [2.24, 2.45) is 0 Å². The van der Waals surface area contributed by atoms with Crippen LogP contribution in [-0.2, 0) is 4.79 Å². The Balaban J connectivity index is 3.00. The zero-order valence-corrected chi connectivity index (χ0v) is 4.82. The van der Waals surface area contributed by atoms with Crippen molar-refractivity contribution in [3.63, 3.8) is 0 Å². The maximum Gasteiger partial charge on any atom is 0.212 e. The van der Waals surface area contributed by atoms with Crippen LogP contribution in [0.15, 0.2) is 0 Å². The first kappa shape index (κ1) is 6.53. The molecule has 0 unspecified atom stereocenters. The van der Waals surface area contributed by atoms with Gasteiger partial charge in [-0.25, -0.2) is 0 Å². The highest BCUT2D eigenvalue weighted by Gasteiger charge is 1.88. The van der Waals surface area contributed by atoms with Gasteiger partial charge in [0.05, 0.1) is 0 Å². The summed E-state index contributed by atoms with van der Waals surface area (Å²) in [5.74, 6) is 0.127. The molecule has 0 saturated heterocycles. The molecule has 2 nitrogen and oxygen atoms in total.